The molecule has 29 heavy (non-hydrogen) atoms. The number of aromatic nitrogens is 3. The highest BCUT2D eigenvalue weighted by Crippen LogP contribution is 2.37. The average molecular weight is 419 g/mol. The molecule has 0 radical (unpaired) electrons. The zero-order chi connectivity index (χ0) is 20.9. The second kappa shape index (κ2) is 7.28. The molecular formula is C18H19F6N5. The maximum atomic E-state index is 14.1. The monoisotopic (exact) mass is 419 g/mol. The Bertz CT molecular complexity index is 911. The van der Waals surface area contributed by atoms with Gasteiger partial charge >= 0.3 is 6.18 Å². The first kappa shape index (κ1) is 20.1. The Morgan fingerprint density at radius 1 is 0.966 bits per heavy atom. The molecule has 158 valence electrons. The Kier molecular flexibility index (Phi) is 5.06. The number of nitrogens with zero attached hydrogens (tertiary/aromatic N) is 4. The van der Waals surface area contributed by atoms with Crippen molar-refractivity contribution in [2.75, 3.05) is 6.54 Å². The Balaban J connectivity index is 1.46. The highest BCUT2D eigenvalue weighted by Gasteiger charge is 2.41. The van der Waals surface area contributed by atoms with Crippen molar-refractivity contribution in [1.82, 2.24) is 19.7 Å². The molecule has 5 nitrogen and oxygen atoms in total. The maximum absolute atomic E-state index is 14.1. The lowest BCUT2D eigenvalue weighted by molar-refractivity contribution is -0.148. The van der Waals surface area contributed by atoms with Gasteiger partial charge < -0.3 is 10.3 Å². The van der Waals surface area contributed by atoms with E-state index in [1.54, 1.807) is 0 Å². The van der Waals surface area contributed by atoms with E-state index in [4.69, 9.17) is 5.73 Å². The molecular weight excluding hydrogens is 400 g/mol. The van der Waals surface area contributed by atoms with Crippen molar-refractivity contribution in [3.63, 3.8) is 0 Å². The van der Waals surface area contributed by atoms with Gasteiger partial charge in [0, 0.05) is 37.2 Å². The Morgan fingerprint density at radius 3 is 2.38 bits per heavy atom. The SMILES string of the molecule is NC1C[C@H](N2CCn3c(nnc3C(F)(F)F)C2)CC[C@@H]1c1cc(F)c(F)cc1F. The van der Waals surface area contributed by atoms with Gasteiger partial charge in [-0.15, -0.1) is 10.2 Å². The fraction of sp³-hybridized carbons (Fsp3) is 0.556. The molecule has 2 aromatic rings. The molecule has 2 aliphatic rings. The summed E-state index contributed by atoms with van der Waals surface area (Å²) in [6.45, 7) is 0.713. The minimum atomic E-state index is -4.55. The number of rotatable bonds is 2. The molecule has 2 N–H and O–H groups in total. The van der Waals surface area contributed by atoms with Gasteiger partial charge in [0.05, 0.1) is 6.54 Å². The largest absolute Gasteiger partial charge is 0.451 e. The number of hydrogen-bond donors (Lipinski definition) is 1. The van der Waals surface area contributed by atoms with E-state index < -0.39 is 41.4 Å². The molecule has 1 aromatic heterocycles. The van der Waals surface area contributed by atoms with E-state index in [1.807, 2.05) is 4.90 Å². The topological polar surface area (TPSA) is 60.0 Å². The standard InChI is InChI=1S/C18H19F6N5/c19-12-7-14(21)13(20)6-11(12)10-2-1-9(5-15(10)25)28-3-4-29-16(8-28)26-27-17(29)18(22,23)24/h6-7,9-10,15H,1-5,8,25H2/t9-,10-,15?/m1/s1. The number of fused-ring (bicyclic) bond motifs is 1. The fourth-order valence-corrected chi connectivity index (χ4v) is 4.42. The molecule has 0 spiro atoms. The molecule has 1 unspecified atom stereocenters. The van der Waals surface area contributed by atoms with Gasteiger partial charge in [-0.1, -0.05) is 0 Å². The van der Waals surface area contributed by atoms with Crippen LogP contribution in [0.2, 0.25) is 0 Å². The highest BCUT2D eigenvalue weighted by molar-refractivity contribution is 5.26. The summed E-state index contributed by atoms with van der Waals surface area (Å²) >= 11 is 0. The van der Waals surface area contributed by atoms with Crippen molar-refractivity contribution in [1.29, 1.82) is 0 Å². The molecule has 1 fully saturated rings. The van der Waals surface area contributed by atoms with Crippen LogP contribution in [0.3, 0.4) is 0 Å². The molecule has 4 rings (SSSR count). The lowest BCUT2D eigenvalue weighted by Crippen LogP contribution is -2.48. The molecule has 1 saturated carbocycles. The van der Waals surface area contributed by atoms with Crippen LogP contribution in [-0.4, -0.2) is 38.3 Å². The number of halogens is 6. The Labute approximate surface area is 162 Å². The zero-order valence-corrected chi connectivity index (χ0v) is 15.3. The summed E-state index contributed by atoms with van der Waals surface area (Å²) in [5, 5.41) is 6.94. The first-order chi connectivity index (χ1) is 13.6. The Hall–Kier alpha value is -2.14. The van der Waals surface area contributed by atoms with E-state index in [-0.39, 0.29) is 30.5 Å². The fourth-order valence-electron chi connectivity index (χ4n) is 4.42. The van der Waals surface area contributed by atoms with Gasteiger partial charge in [0.15, 0.2) is 11.6 Å². The molecule has 3 atom stereocenters. The third kappa shape index (κ3) is 3.73. The molecule has 1 aliphatic carbocycles. The quantitative estimate of drug-likeness (QED) is 0.600. The van der Waals surface area contributed by atoms with Crippen LogP contribution in [0.5, 0.6) is 0 Å². The normalized spacial score (nSPS) is 25.8. The van der Waals surface area contributed by atoms with E-state index in [9.17, 15) is 26.3 Å². The third-order valence-electron chi connectivity index (χ3n) is 5.86. The predicted octanol–water partition coefficient (Wildman–Crippen LogP) is 3.19. The summed E-state index contributed by atoms with van der Waals surface area (Å²) in [6, 6.07) is 0.879. The average Bonchev–Trinajstić information content (AvgIpc) is 3.08. The van der Waals surface area contributed by atoms with Crippen molar-refractivity contribution in [3.05, 3.63) is 46.8 Å². The third-order valence-corrected chi connectivity index (χ3v) is 5.86. The van der Waals surface area contributed by atoms with Crippen molar-refractivity contribution >= 4 is 0 Å². The zero-order valence-electron chi connectivity index (χ0n) is 15.3. The number of alkyl halides is 3. The molecule has 0 bridgehead atoms. The van der Waals surface area contributed by atoms with E-state index in [0.717, 1.165) is 10.6 Å². The smallest absolute Gasteiger partial charge is 0.327 e. The maximum Gasteiger partial charge on any atom is 0.451 e. The van der Waals surface area contributed by atoms with Gasteiger partial charge in [-0.25, -0.2) is 13.2 Å². The van der Waals surface area contributed by atoms with E-state index >= 15 is 0 Å². The van der Waals surface area contributed by atoms with E-state index in [1.165, 1.54) is 0 Å². The summed E-state index contributed by atoms with van der Waals surface area (Å²) in [7, 11) is 0. The van der Waals surface area contributed by atoms with Gasteiger partial charge in [-0.05, 0) is 30.9 Å². The predicted molar refractivity (Wildman–Crippen MR) is 90.1 cm³/mol. The summed E-state index contributed by atoms with van der Waals surface area (Å²) in [6.07, 6.45) is -3.02. The lowest BCUT2D eigenvalue weighted by atomic mass is 9.77. The summed E-state index contributed by atoms with van der Waals surface area (Å²) in [5.74, 6) is -4.40. The van der Waals surface area contributed by atoms with Gasteiger partial charge in [0.2, 0.25) is 5.82 Å². The minimum Gasteiger partial charge on any atom is -0.327 e. The second-order valence-corrected chi connectivity index (χ2v) is 7.58. The molecule has 0 saturated heterocycles. The van der Waals surface area contributed by atoms with Crippen molar-refractivity contribution in [3.8, 4) is 0 Å². The van der Waals surface area contributed by atoms with Gasteiger partial charge in [0.25, 0.3) is 0 Å². The summed E-state index contributed by atoms with van der Waals surface area (Å²) < 4.78 is 80.8. The number of nitrogens with two attached hydrogens (primary N) is 1. The first-order valence-corrected chi connectivity index (χ1v) is 9.28. The molecule has 1 aliphatic heterocycles. The molecule has 0 amide bonds. The lowest BCUT2D eigenvalue weighted by Gasteiger charge is -2.41. The van der Waals surface area contributed by atoms with Crippen LogP contribution in [-0.2, 0) is 19.3 Å². The van der Waals surface area contributed by atoms with Crippen molar-refractivity contribution < 1.29 is 26.3 Å². The van der Waals surface area contributed by atoms with Gasteiger partial charge in [-0.3, -0.25) is 4.90 Å². The van der Waals surface area contributed by atoms with Gasteiger partial charge in [-0.2, -0.15) is 13.2 Å². The number of hydrogen-bond acceptors (Lipinski definition) is 4. The minimum absolute atomic E-state index is 0.0191. The van der Waals surface area contributed by atoms with E-state index in [0.29, 0.717) is 31.9 Å². The summed E-state index contributed by atoms with van der Waals surface area (Å²) in [5.41, 5.74) is 6.29. The number of benzene rings is 1. The Morgan fingerprint density at radius 2 is 1.69 bits per heavy atom. The van der Waals surface area contributed by atoms with Crippen molar-refractivity contribution in [2.45, 2.75) is 56.5 Å². The molecule has 11 heteroatoms. The van der Waals surface area contributed by atoms with Gasteiger partial charge in [0.1, 0.15) is 11.6 Å². The van der Waals surface area contributed by atoms with Crippen LogP contribution in [0.1, 0.15) is 42.4 Å². The second-order valence-electron chi connectivity index (χ2n) is 7.58. The van der Waals surface area contributed by atoms with Crippen molar-refractivity contribution in [2.24, 2.45) is 5.73 Å². The molecule has 2 heterocycles. The first-order valence-electron chi connectivity index (χ1n) is 9.28. The van der Waals surface area contributed by atoms with Crippen LogP contribution in [0, 0.1) is 17.5 Å². The van der Waals surface area contributed by atoms with Crippen LogP contribution < -0.4 is 5.73 Å². The van der Waals surface area contributed by atoms with Crippen LogP contribution in [0.4, 0.5) is 26.3 Å². The van der Waals surface area contributed by atoms with Crippen LogP contribution >= 0.6 is 0 Å². The summed E-state index contributed by atoms with van der Waals surface area (Å²) in [4.78, 5) is 2.00. The van der Waals surface area contributed by atoms with Crippen LogP contribution in [0.15, 0.2) is 12.1 Å². The van der Waals surface area contributed by atoms with E-state index in [2.05, 4.69) is 10.2 Å². The van der Waals surface area contributed by atoms with Crippen LogP contribution in [0.25, 0.3) is 0 Å². The highest BCUT2D eigenvalue weighted by atomic mass is 19.4. The molecule has 1 aromatic carbocycles.